The second-order valence-electron chi connectivity index (χ2n) is 27.7. The van der Waals surface area contributed by atoms with E-state index >= 15 is 0 Å². The number of hydrogen-bond donors (Lipinski definition) is 3. The molecule has 0 aliphatic carbocycles. The van der Waals surface area contributed by atoms with Crippen molar-refractivity contribution in [2.75, 3.05) is 13.2 Å². The molecule has 0 bridgehead atoms. The number of allylic oxidation sites excluding steroid dienone is 6. The molecule has 1 amide bonds. The molecule has 3 N–H and O–H groups in total. The Bertz CT molecular complexity index is 1430. The van der Waals surface area contributed by atoms with Crippen LogP contribution in [0.4, 0.5) is 0 Å². The van der Waals surface area contributed by atoms with Gasteiger partial charge in [0.25, 0.3) is 0 Å². The third-order valence-corrected chi connectivity index (χ3v) is 18.9. The minimum atomic E-state index is -0.665. The van der Waals surface area contributed by atoms with Gasteiger partial charge in [-0.25, -0.2) is 0 Å². The van der Waals surface area contributed by atoms with Crippen molar-refractivity contribution in [1.29, 1.82) is 0 Å². The Balaban J connectivity index is 3.37. The molecule has 0 aliphatic rings. The Hall–Kier alpha value is -1.92. The first-order valence-corrected chi connectivity index (χ1v) is 40.2. The molecule has 0 fully saturated rings. The van der Waals surface area contributed by atoms with Gasteiger partial charge in [0.05, 0.1) is 25.4 Å². The van der Waals surface area contributed by atoms with Crippen LogP contribution in [0.15, 0.2) is 36.5 Å². The van der Waals surface area contributed by atoms with Gasteiger partial charge in [0.2, 0.25) is 5.91 Å². The van der Waals surface area contributed by atoms with Gasteiger partial charge in [0.1, 0.15) is 0 Å². The molecule has 0 aromatic carbocycles. The summed E-state index contributed by atoms with van der Waals surface area (Å²) in [6.45, 7) is 4.98. The lowest BCUT2D eigenvalue weighted by Crippen LogP contribution is -2.45. The van der Waals surface area contributed by atoms with Gasteiger partial charge in [0.15, 0.2) is 0 Å². The van der Waals surface area contributed by atoms with Gasteiger partial charge in [0, 0.05) is 12.8 Å². The molecule has 2 atom stereocenters. The van der Waals surface area contributed by atoms with Crippen LogP contribution in [0.2, 0.25) is 0 Å². The maximum atomic E-state index is 12.6. The predicted molar refractivity (Wildman–Crippen MR) is 389 cm³/mol. The molecule has 0 saturated carbocycles. The number of carbonyl (C=O) groups excluding carboxylic acids is 2. The molecular formula is C82H157NO5. The third-order valence-electron chi connectivity index (χ3n) is 18.9. The van der Waals surface area contributed by atoms with Gasteiger partial charge >= 0.3 is 5.97 Å². The first kappa shape index (κ1) is 86.1. The monoisotopic (exact) mass is 1240 g/mol. The largest absolute Gasteiger partial charge is 0.466 e. The van der Waals surface area contributed by atoms with Crippen molar-refractivity contribution < 1.29 is 24.5 Å². The smallest absolute Gasteiger partial charge is 0.305 e. The highest BCUT2D eigenvalue weighted by Gasteiger charge is 2.20. The molecule has 0 saturated heterocycles. The molecule has 0 aliphatic heterocycles. The highest BCUT2D eigenvalue weighted by Crippen LogP contribution is 2.20. The minimum Gasteiger partial charge on any atom is -0.466 e. The third kappa shape index (κ3) is 73.1. The lowest BCUT2D eigenvalue weighted by Gasteiger charge is -2.22. The average Bonchev–Trinajstić information content (AvgIpc) is 3.58. The molecule has 88 heavy (non-hydrogen) atoms. The molecule has 0 rings (SSSR count). The van der Waals surface area contributed by atoms with Gasteiger partial charge in [-0.1, -0.05) is 391 Å². The number of rotatable bonds is 76. The average molecular weight is 1240 g/mol. The molecule has 0 heterocycles. The minimum absolute atomic E-state index is 0.00447. The number of esters is 1. The van der Waals surface area contributed by atoms with Crippen LogP contribution >= 0.6 is 0 Å². The van der Waals surface area contributed by atoms with Crippen LogP contribution in [0.5, 0.6) is 0 Å². The Kier molecular flexibility index (Phi) is 75.8. The number of amides is 1. The lowest BCUT2D eigenvalue weighted by atomic mass is 10.0. The summed E-state index contributed by atoms with van der Waals surface area (Å²) in [6.07, 6.45) is 101. The van der Waals surface area contributed by atoms with Crippen LogP contribution in [-0.4, -0.2) is 47.4 Å². The van der Waals surface area contributed by atoms with Crippen LogP contribution < -0.4 is 5.32 Å². The van der Waals surface area contributed by atoms with Crippen molar-refractivity contribution in [2.45, 2.75) is 463 Å². The number of nitrogens with one attached hydrogen (secondary N) is 1. The van der Waals surface area contributed by atoms with Gasteiger partial charge in [-0.3, -0.25) is 9.59 Å². The summed E-state index contributed by atoms with van der Waals surface area (Å²) in [6, 6.07) is -0.542. The second-order valence-corrected chi connectivity index (χ2v) is 27.7. The quantitative estimate of drug-likeness (QED) is 0.0320. The zero-order valence-electron chi connectivity index (χ0n) is 59.7. The van der Waals surface area contributed by atoms with Crippen molar-refractivity contribution in [3.63, 3.8) is 0 Å². The molecule has 0 radical (unpaired) electrons. The maximum absolute atomic E-state index is 12.6. The van der Waals surface area contributed by atoms with Gasteiger partial charge in [-0.15, -0.1) is 0 Å². The molecule has 520 valence electrons. The van der Waals surface area contributed by atoms with Crippen LogP contribution in [-0.2, 0) is 14.3 Å². The summed E-state index contributed by atoms with van der Waals surface area (Å²) in [5.74, 6) is -0.0235. The van der Waals surface area contributed by atoms with Gasteiger partial charge in [-0.2, -0.15) is 0 Å². The molecule has 2 unspecified atom stereocenters. The lowest BCUT2D eigenvalue weighted by molar-refractivity contribution is -0.143. The zero-order chi connectivity index (χ0) is 63.5. The van der Waals surface area contributed by atoms with Crippen LogP contribution in [0, 0.1) is 0 Å². The number of carbonyl (C=O) groups is 2. The fraction of sp³-hybridized carbons (Fsp3) is 0.902. The summed E-state index contributed by atoms with van der Waals surface area (Å²) in [7, 11) is 0. The van der Waals surface area contributed by atoms with Gasteiger partial charge in [-0.05, 0) is 83.5 Å². The fourth-order valence-electron chi connectivity index (χ4n) is 12.8. The summed E-state index contributed by atoms with van der Waals surface area (Å²) in [5.41, 5.74) is 0. The summed E-state index contributed by atoms with van der Waals surface area (Å²) in [5, 5.41) is 23.5. The summed E-state index contributed by atoms with van der Waals surface area (Å²) >= 11 is 0. The van der Waals surface area contributed by atoms with E-state index in [0.29, 0.717) is 25.9 Å². The van der Waals surface area contributed by atoms with E-state index in [1.54, 1.807) is 0 Å². The fourth-order valence-corrected chi connectivity index (χ4v) is 12.8. The van der Waals surface area contributed by atoms with E-state index < -0.39 is 12.1 Å². The van der Waals surface area contributed by atoms with Crippen molar-refractivity contribution in [3.05, 3.63) is 36.5 Å². The zero-order valence-corrected chi connectivity index (χ0v) is 59.7. The second kappa shape index (κ2) is 77.5. The number of unbranched alkanes of at least 4 members (excludes halogenated alkanes) is 59. The van der Waals surface area contributed by atoms with E-state index in [2.05, 4.69) is 55.6 Å². The molecular weight excluding hydrogens is 1080 g/mol. The Morgan fingerprint density at radius 2 is 0.568 bits per heavy atom. The van der Waals surface area contributed by atoms with Crippen molar-refractivity contribution in [3.8, 4) is 0 Å². The molecule has 0 aromatic rings. The van der Waals surface area contributed by atoms with E-state index in [-0.39, 0.29) is 18.5 Å². The summed E-state index contributed by atoms with van der Waals surface area (Å²) in [4.78, 5) is 24.7. The Labute approximate surface area is 551 Å². The molecule has 0 spiro atoms. The topological polar surface area (TPSA) is 95.9 Å². The first-order chi connectivity index (χ1) is 43.5. The van der Waals surface area contributed by atoms with E-state index in [4.69, 9.17) is 4.74 Å². The Morgan fingerprint density at radius 3 is 0.886 bits per heavy atom. The van der Waals surface area contributed by atoms with E-state index in [0.717, 1.165) is 51.4 Å². The van der Waals surface area contributed by atoms with Crippen LogP contribution in [0.3, 0.4) is 0 Å². The van der Waals surface area contributed by atoms with Gasteiger partial charge < -0.3 is 20.3 Å². The normalized spacial score (nSPS) is 12.6. The van der Waals surface area contributed by atoms with Crippen LogP contribution in [0.1, 0.15) is 450 Å². The highest BCUT2D eigenvalue weighted by atomic mass is 16.5. The van der Waals surface area contributed by atoms with Crippen molar-refractivity contribution in [2.24, 2.45) is 0 Å². The highest BCUT2D eigenvalue weighted by molar-refractivity contribution is 5.76. The van der Waals surface area contributed by atoms with Crippen molar-refractivity contribution >= 4 is 11.9 Å². The van der Waals surface area contributed by atoms with E-state index in [1.807, 2.05) is 0 Å². The van der Waals surface area contributed by atoms with E-state index in [1.165, 1.54) is 366 Å². The SMILES string of the molecule is CCCCCC/C=C\C/C=C\CCCCCCCC(=O)OCCCCCCCCCCCCCC/C=C\CCCCCCCCCCCCCCCCC(=O)NC(CO)C(O)CCCCCCCCCCCCCCCCCCCCCCCCCCC. The standard InChI is InChI=1S/C82H157NO5/c1-3-5-7-9-11-13-15-17-19-21-22-23-24-31-34-37-40-43-46-50-54-58-62-66-70-74-80(85)79(78-84)83-81(86)75-71-67-63-59-55-51-47-44-41-38-35-32-29-27-25-26-28-30-33-36-39-42-45-49-53-57-61-65-69-73-77-88-82(87)76-72-68-64-60-56-52-48-20-18-16-14-12-10-8-6-4-2/h14,16,20,26,28,48,79-80,84-85H,3-13,15,17-19,21-25,27,29-47,49-78H2,1-2H3,(H,83,86)/b16-14-,28-26-,48-20-. The summed E-state index contributed by atoms with van der Waals surface area (Å²) < 4.78 is 5.50. The first-order valence-electron chi connectivity index (χ1n) is 40.2. The molecule has 0 aromatic heterocycles. The number of aliphatic hydroxyl groups is 2. The maximum Gasteiger partial charge on any atom is 0.305 e. The molecule has 6 nitrogen and oxygen atoms in total. The number of ether oxygens (including phenoxy) is 1. The van der Waals surface area contributed by atoms with E-state index in [9.17, 15) is 19.8 Å². The molecule has 6 heteroatoms. The predicted octanol–water partition coefficient (Wildman–Crippen LogP) is 26.6. The number of hydrogen-bond acceptors (Lipinski definition) is 5. The van der Waals surface area contributed by atoms with Crippen molar-refractivity contribution in [1.82, 2.24) is 5.32 Å². The Morgan fingerprint density at radius 1 is 0.318 bits per heavy atom. The van der Waals surface area contributed by atoms with Crippen LogP contribution in [0.25, 0.3) is 0 Å². The number of aliphatic hydroxyl groups excluding tert-OH is 2.